The highest BCUT2D eigenvalue weighted by Gasteiger charge is 2.29. The lowest BCUT2D eigenvalue weighted by Crippen LogP contribution is -2.51. The van der Waals surface area contributed by atoms with Crippen LogP contribution in [0.25, 0.3) is 0 Å². The highest BCUT2D eigenvalue weighted by Crippen LogP contribution is 2.20. The van der Waals surface area contributed by atoms with E-state index in [1.54, 1.807) is 4.90 Å². The maximum atomic E-state index is 12.4. The molecule has 1 aromatic rings. The number of rotatable bonds is 3. The number of urea groups is 1. The third-order valence-corrected chi connectivity index (χ3v) is 3.74. The normalized spacial score (nSPS) is 18.4. The Morgan fingerprint density at radius 1 is 1.43 bits per heavy atom. The van der Waals surface area contributed by atoms with Crippen LogP contribution in [0.2, 0.25) is 0 Å². The number of carboxylic acids is 1. The van der Waals surface area contributed by atoms with Crippen LogP contribution in [-0.4, -0.2) is 47.8 Å². The second-order valence-corrected chi connectivity index (χ2v) is 5.20. The Kier molecular flexibility index (Phi) is 4.80. The largest absolute Gasteiger partial charge is 0.481 e. The summed E-state index contributed by atoms with van der Waals surface area (Å²) in [6, 6.07) is 4.99. The van der Waals surface area contributed by atoms with Crippen LogP contribution in [0.1, 0.15) is 17.5 Å². The summed E-state index contributed by atoms with van der Waals surface area (Å²) < 4.78 is 5.27. The molecule has 0 bridgehead atoms. The van der Waals surface area contributed by atoms with Gasteiger partial charge >= 0.3 is 12.0 Å². The van der Waals surface area contributed by atoms with Crippen LogP contribution in [0, 0.1) is 13.8 Å². The first-order valence-corrected chi connectivity index (χ1v) is 6.92. The monoisotopic (exact) mass is 292 g/mol. The summed E-state index contributed by atoms with van der Waals surface area (Å²) in [4.78, 5) is 24.8. The van der Waals surface area contributed by atoms with E-state index in [9.17, 15) is 9.59 Å². The van der Waals surface area contributed by atoms with Gasteiger partial charge in [0, 0.05) is 12.2 Å². The number of ether oxygens (including phenoxy) is 1. The molecule has 21 heavy (non-hydrogen) atoms. The zero-order valence-electron chi connectivity index (χ0n) is 12.3. The lowest BCUT2D eigenvalue weighted by Gasteiger charge is -2.34. The van der Waals surface area contributed by atoms with E-state index >= 15 is 0 Å². The molecular weight excluding hydrogens is 272 g/mol. The van der Waals surface area contributed by atoms with E-state index in [1.807, 2.05) is 32.0 Å². The number of hydrogen-bond donors (Lipinski definition) is 2. The fourth-order valence-corrected chi connectivity index (χ4v) is 2.37. The van der Waals surface area contributed by atoms with Crippen LogP contribution in [0.3, 0.4) is 0 Å². The molecular formula is C15H20N2O4. The molecule has 1 aliphatic heterocycles. The Balaban J connectivity index is 2.10. The molecule has 0 aromatic heterocycles. The summed E-state index contributed by atoms with van der Waals surface area (Å²) in [7, 11) is 0. The Bertz CT molecular complexity index is 544. The van der Waals surface area contributed by atoms with Crippen molar-refractivity contribution in [2.45, 2.75) is 26.3 Å². The van der Waals surface area contributed by atoms with Crippen LogP contribution in [0.15, 0.2) is 18.2 Å². The number of carbonyl (C=O) groups is 2. The number of morpholine rings is 1. The van der Waals surface area contributed by atoms with Gasteiger partial charge in [-0.2, -0.15) is 0 Å². The number of anilines is 1. The summed E-state index contributed by atoms with van der Waals surface area (Å²) in [6.07, 6.45) is -0.111. The summed E-state index contributed by atoms with van der Waals surface area (Å²) >= 11 is 0. The summed E-state index contributed by atoms with van der Waals surface area (Å²) in [6.45, 7) is 5.00. The second kappa shape index (κ2) is 6.58. The summed E-state index contributed by atoms with van der Waals surface area (Å²) in [5.74, 6) is -0.935. The van der Waals surface area contributed by atoms with E-state index in [1.165, 1.54) is 0 Å². The molecule has 2 amide bonds. The predicted octanol–water partition coefficient (Wildman–Crippen LogP) is 2.01. The SMILES string of the molecule is Cc1cccc(NC(=O)N2CCOCC2CC(=O)O)c1C. The van der Waals surface area contributed by atoms with Crippen molar-refractivity contribution in [1.82, 2.24) is 4.90 Å². The van der Waals surface area contributed by atoms with Gasteiger partial charge in [0.05, 0.1) is 25.7 Å². The van der Waals surface area contributed by atoms with Gasteiger partial charge in [-0.25, -0.2) is 4.79 Å². The molecule has 6 heteroatoms. The molecule has 1 atom stereocenters. The number of amides is 2. The number of hydrogen-bond acceptors (Lipinski definition) is 3. The van der Waals surface area contributed by atoms with E-state index < -0.39 is 12.0 Å². The molecule has 114 valence electrons. The molecule has 0 saturated carbocycles. The van der Waals surface area contributed by atoms with Crippen molar-refractivity contribution in [2.24, 2.45) is 0 Å². The Morgan fingerprint density at radius 3 is 2.90 bits per heavy atom. The van der Waals surface area contributed by atoms with E-state index in [-0.39, 0.29) is 19.1 Å². The lowest BCUT2D eigenvalue weighted by atomic mass is 10.1. The number of nitrogens with zero attached hydrogens (tertiary/aromatic N) is 1. The third kappa shape index (κ3) is 3.72. The van der Waals surface area contributed by atoms with Crippen LogP contribution < -0.4 is 5.32 Å². The minimum Gasteiger partial charge on any atom is -0.481 e. The van der Waals surface area contributed by atoms with Crippen molar-refractivity contribution in [3.63, 3.8) is 0 Å². The van der Waals surface area contributed by atoms with Gasteiger partial charge in [-0.05, 0) is 31.0 Å². The predicted molar refractivity (Wildman–Crippen MR) is 78.5 cm³/mol. The molecule has 0 aliphatic carbocycles. The van der Waals surface area contributed by atoms with Crippen molar-refractivity contribution < 1.29 is 19.4 Å². The number of aryl methyl sites for hydroxylation is 1. The molecule has 1 aromatic carbocycles. The second-order valence-electron chi connectivity index (χ2n) is 5.20. The highest BCUT2D eigenvalue weighted by molar-refractivity contribution is 5.91. The smallest absolute Gasteiger partial charge is 0.322 e. The van der Waals surface area contributed by atoms with Crippen molar-refractivity contribution in [3.05, 3.63) is 29.3 Å². The van der Waals surface area contributed by atoms with Crippen LogP contribution in [-0.2, 0) is 9.53 Å². The molecule has 1 heterocycles. The van der Waals surface area contributed by atoms with E-state index in [0.717, 1.165) is 16.8 Å². The first kappa shape index (κ1) is 15.3. The van der Waals surface area contributed by atoms with E-state index in [4.69, 9.17) is 9.84 Å². The average Bonchev–Trinajstić information content (AvgIpc) is 2.44. The average molecular weight is 292 g/mol. The first-order valence-electron chi connectivity index (χ1n) is 6.92. The number of benzene rings is 1. The minimum absolute atomic E-state index is 0.111. The van der Waals surface area contributed by atoms with E-state index in [0.29, 0.717) is 13.2 Å². The van der Waals surface area contributed by atoms with Gasteiger partial charge in [0.25, 0.3) is 0 Å². The maximum Gasteiger partial charge on any atom is 0.322 e. The van der Waals surface area contributed by atoms with Crippen molar-refractivity contribution in [2.75, 3.05) is 25.1 Å². The molecule has 1 fully saturated rings. The lowest BCUT2D eigenvalue weighted by molar-refractivity contribution is -0.139. The zero-order valence-corrected chi connectivity index (χ0v) is 12.3. The van der Waals surface area contributed by atoms with E-state index in [2.05, 4.69) is 5.32 Å². The fraction of sp³-hybridized carbons (Fsp3) is 0.467. The molecule has 2 rings (SSSR count). The fourth-order valence-electron chi connectivity index (χ4n) is 2.37. The minimum atomic E-state index is -0.935. The van der Waals surface area contributed by atoms with Gasteiger partial charge < -0.3 is 20.1 Å². The third-order valence-electron chi connectivity index (χ3n) is 3.74. The molecule has 6 nitrogen and oxygen atoms in total. The number of carbonyl (C=O) groups excluding carboxylic acids is 1. The summed E-state index contributed by atoms with van der Waals surface area (Å²) in [5, 5.41) is 11.8. The van der Waals surface area contributed by atoms with Gasteiger partial charge in [0.15, 0.2) is 0 Å². The maximum absolute atomic E-state index is 12.4. The van der Waals surface area contributed by atoms with Crippen LogP contribution in [0.4, 0.5) is 10.5 Å². The van der Waals surface area contributed by atoms with Crippen molar-refractivity contribution >= 4 is 17.7 Å². The topological polar surface area (TPSA) is 78.9 Å². The van der Waals surface area contributed by atoms with Crippen molar-refractivity contribution in [3.8, 4) is 0 Å². The number of nitrogens with one attached hydrogen (secondary N) is 1. The van der Waals surface area contributed by atoms with Gasteiger partial charge in [-0.15, -0.1) is 0 Å². The Morgan fingerprint density at radius 2 is 2.19 bits per heavy atom. The van der Waals surface area contributed by atoms with Gasteiger partial charge in [0.1, 0.15) is 0 Å². The van der Waals surface area contributed by atoms with Gasteiger partial charge in [0.2, 0.25) is 0 Å². The van der Waals surface area contributed by atoms with Gasteiger partial charge in [-0.3, -0.25) is 4.79 Å². The Labute approximate surface area is 123 Å². The molecule has 1 aliphatic rings. The summed E-state index contributed by atoms with van der Waals surface area (Å²) in [5.41, 5.74) is 2.85. The highest BCUT2D eigenvalue weighted by atomic mass is 16.5. The number of aliphatic carboxylic acids is 1. The van der Waals surface area contributed by atoms with Crippen molar-refractivity contribution in [1.29, 1.82) is 0 Å². The van der Waals surface area contributed by atoms with Crippen LogP contribution >= 0.6 is 0 Å². The molecule has 1 saturated heterocycles. The zero-order chi connectivity index (χ0) is 15.4. The molecule has 0 radical (unpaired) electrons. The van der Waals surface area contributed by atoms with Crippen LogP contribution in [0.5, 0.6) is 0 Å². The quantitative estimate of drug-likeness (QED) is 0.893. The number of carboxylic acid groups (broad SMARTS) is 1. The first-order chi connectivity index (χ1) is 9.99. The van der Waals surface area contributed by atoms with Gasteiger partial charge in [-0.1, -0.05) is 12.1 Å². The molecule has 1 unspecified atom stereocenters. The Hall–Kier alpha value is -2.08. The molecule has 0 spiro atoms. The standard InChI is InChI=1S/C15H20N2O4/c1-10-4-3-5-13(11(10)2)16-15(20)17-6-7-21-9-12(17)8-14(18)19/h3-5,12H,6-9H2,1-2H3,(H,16,20)(H,18,19). The molecule has 2 N–H and O–H groups in total.